The highest BCUT2D eigenvalue weighted by atomic mass is 16.4. The first-order valence-electron chi connectivity index (χ1n) is 4.90. The molecule has 86 valence electrons. The Hall–Kier alpha value is -1.84. The Labute approximate surface area is 94.5 Å². The van der Waals surface area contributed by atoms with Crippen molar-refractivity contribution in [2.75, 3.05) is 19.0 Å². The monoisotopic (exact) mass is 221 g/mol. The van der Waals surface area contributed by atoms with E-state index in [2.05, 4.69) is 0 Å². The third kappa shape index (κ3) is 2.21. The van der Waals surface area contributed by atoms with Crippen molar-refractivity contribution in [2.24, 2.45) is 0 Å². The number of rotatable bonds is 3. The highest BCUT2D eigenvalue weighted by molar-refractivity contribution is 6.41. The maximum atomic E-state index is 11.5. The van der Waals surface area contributed by atoms with E-state index in [-0.39, 0.29) is 5.56 Å². The van der Waals surface area contributed by atoms with E-state index < -0.39 is 11.8 Å². The van der Waals surface area contributed by atoms with Crippen LogP contribution in [0.4, 0.5) is 5.69 Å². The van der Waals surface area contributed by atoms with Gasteiger partial charge in [0.2, 0.25) is 0 Å². The molecular weight excluding hydrogens is 206 g/mol. The van der Waals surface area contributed by atoms with E-state index in [0.29, 0.717) is 5.69 Å². The zero-order valence-corrected chi connectivity index (χ0v) is 9.87. The van der Waals surface area contributed by atoms with Gasteiger partial charge < -0.3 is 10.0 Å². The molecule has 1 aromatic rings. The number of hydrogen-bond donors (Lipinski definition) is 1. The van der Waals surface area contributed by atoms with Gasteiger partial charge in [0.1, 0.15) is 0 Å². The van der Waals surface area contributed by atoms with Crippen molar-refractivity contribution in [1.29, 1.82) is 0 Å². The zero-order valence-electron chi connectivity index (χ0n) is 9.87. The number of ketones is 1. The molecule has 0 aliphatic carbocycles. The lowest BCUT2D eigenvalue weighted by Crippen LogP contribution is -2.19. The van der Waals surface area contributed by atoms with Gasteiger partial charge >= 0.3 is 5.97 Å². The maximum absolute atomic E-state index is 11.5. The molecule has 0 aliphatic rings. The van der Waals surface area contributed by atoms with Crippen molar-refractivity contribution in [1.82, 2.24) is 0 Å². The summed E-state index contributed by atoms with van der Waals surface area (Å²) in [5.74, 6) is -2.29. The first-order chi connectivity index (χ1) is 7.34. The number of benzene rings is 1. The molecular formula is C12H15NO3. The fourth-order valence-electron chi connectivity index (χ4n) is 1.47. The van der Waals surface area contributed by atoms with Crippen LogP contribution in [0.2, 0.25) is 0 Å². The number of carbonyl (C=O) groups is 2. The summed E-state index contributed by atoms with van der Waals surface area (Å²) < 4.78 is 0. The number of carbonyl (C=O) groups excluding carboxylic acids is 1. The van der Waals surface area contributed by atoms with Crippen LogP contribution in [-0.2, 0) is 4.79 Å². The molecule has 0 radical (unpaired) electrons. The normalized spacial score (nSPS) is 10.0. The second kappa shape index (κ2) is 4.35. The molecule has 1 rings (SSSR count). The quantitative estimate of drug-likeness (QED) is 0.622. The Morgan fingerprint density at radius 1 is 1.12 bits per heavy atom. The highest BCUT2D eigenvalue weighted by Gasteiger charge is 2.20. The van der Waals surface area contributed by atoms with Crippen LogP contribution < -0.4 is 4.90 Å². The number of anilines is 1. The van der Waals surface area contributed by atoms with Gasteiger partial charge in [-0.05, 0) is 37.1 Å². The fourth-order valence-corrected chi connectivity index (χ4v) is 1.47. The molecule has 0 aliphatic heterocycles. The maximum Gasteiger partial charge on any atom is 0.377 e. The third-order valence-corrected chi connectivity index (χ3v) is 2.53. The van der Waals surface area contributed by atoms with E-state index >= 15 is 0 Å². The fraction of sp³-hybridized carbons (Fsp3) is 0.333. The van der Waals surface area contributed by atoms with Gasteiger partial charge in [0.05, 0.1) is 5.56 Å². The average molecular weight is 221 g/mol. The topological polar surface area (TPSA) is 57.6 Å². The number of hydrogen-bond acceptors (Lipinski definition) is 3. The molecule has 0 aromatic heterocycles. The minimum absolute atomic E-state index is 0.237. The SMILES string of the molecule is Cc1cc(C(=O)C(=O)O)c(N(C)C)cc1C. The lowest BCUT2D eigenvalue weighted by Gasteiger charge is -2.17. The van der Waals surface area contributed by atoms with Gasteiger partial charge in [-0.15, -0.1) is 0 Å². The smallest absolute Gasteiger partial charge is 0.377 e. The molecule has 1 aromatic carbocycles. The second-order valence-electron chi connectivity index (χ2n) is 3.98. The van der Waals surface area contributed by atoms with Gasteiger partial charge in [0.15, 0.2) is 0 Å². The van der Waals surface area contributed by atoms with E-state index in [1.54, 1.807) is 25.1 Å². The second-order valence-corrected chi connectivity index (χ2v) is 3.98. The lowest BCUT2D eigenvalue weighted by atomic mass is 10.0. The molecule has 0 saturated carbocycles. The molecule has 0 atom stereocenters. The molecule has 0 spiro atoms. The summed E-state index contributed by atoms with van der Waals surface area (Å²) in [6.07, 6.45) is 0. The first kappa shape index (κ1) is 12.2. The molecule has 1 N–H and O–H groups in total. The minimum atomic E-state index is -1.42. The molecule has 0 fully saturated rings. The van der Waals surface area contributed by atoms with Crippen LogP contribution in [0.15, 0.2) is 12.1 Å². The zero-order chi connectivity index (χ0) is 12.5. The van der Waals surface area contributed by atoms with Gasteiger partial charge in [-0.3, -0.25) is 4.79 Å². The largest absolute Gasteiger partial charge is 0.475 e. The van der Waals surface area contributed by atoms with Crippen LogP contribution in [0.25, 0.3) is 0 Å². The number of aliphatic carboxylic acids is 1. The van der Waals surface area contributed by atoms with Gasteiger partial charge in [0, 0.05) is 19.8 Å². The van der Waals surface area contributed by atoms with Crippen molar-refractivity contribution < 1.29 is 14.7 Å². The summed E-state index contributed by atoms with van der Waals surface area (Å²) in [5.41, 5.74) is 2.82. The van der Waals surface area contributed by atoms with Crippen molar-refractivity contribution >= 4 is 17.4 Å². The Morgan fingerprint density at radius 3 is 2.06 bits per heavy atom. The highest BCUT2D eigenvalue weighted by Crippen LogP contribution is 2.23. The first-order valence-corrected chi connectivity index (χ1v) is 4.90. The van der Waals surface area contributed by atoms with Gasteiger partial charge in [-0.25, -0.2) is 4.79 Å². The standard InChI is InChI=1S/C12H15NO3/c1-7-5-9(11(14)12(15)16)10(13(3)4)6-8(7)2/h5-6H,1-4H3,(H,15,16). The lowest BCUT2D eigenvalue weighted by molar-refractivity contribution is -0.131. The van der Waals surface area contributed by atoms with Gasteiger partial charge in [-0.2, -0.15) is 0 Å². The Kier molecular flexibility index (Phi) is 3.32. The van der Waals surface area contributed by atoms with Crippen molar-refractivity contribution in [3.63, 3.8) is 0 Å². The minimum Gasteiger partial charge on any atom is -0.475 e. The van der Waals surface area contributed by atoms with Crippen molar-refractivity contribution in [3.05, 3.63) is 28.8 Å². The summed E-state index contributed by atoms with van der Waals surface area (Å²) in [7, 11) is 3.56. The van der Waals surface area contributed by atoms with Crippen molar-refractivity contribution in [3.8, 4) is 0 Å². The van der Waals surface area contributed by atoms with Crippen LogP contribution in [0.3, 0.4) is 0 Å². The van der Waals surface area contributed by atoms with Gasteiger partial charge in [0.25, 0.3) is 5.78 Å². The summed E-state index contributed by atoms with van der Waals surface area (Å²) >= 11 is 0. The molecule has 0 bridgehead atoms. The molecule has 0 amide bonds. The molecule has 0 unspecified atom stereocenters. The third-order valence-electron chi connectivity index (χ3n) is 2.53. The predicted molar refractivity (Wildman–Crippen MR) is 62.2 cm³/mol. The summed E-state index contributed by atoms with van der Waals surface area (Å²) in [4.78, 5) is 23.9. The summed E-state index contributed by atoms with van der Waals surface area (Å²) in [5, 5.41) is 8.73. The van der Waals surface area contributed by atoms with Crippen LogP contribution in [-0.4, -0.2) is 31.0 Å². The molecule has 4 heteroatoms. The van der Waals surface area contributed by atoms with Crippen LogP contribution in [0.1, 0.15) is 21.5 Å². The molecule has 16 heavy (non-hydrogen) atoms. The summed E-state index contributed by atoms with van der Waals surface area (Å²) in [6.45, 7) is 3.78. The molecule has 0 heterocycles. The number of aryl methyl sites for hydroxylation is 2. The number of carboxylic acids is 1. The van der Waals surface area contributed by atoms with E-state index in [4.69, 9.17) is 5.11 Å². The van der Waals surface area contributed by atoms with E-state index in [0.717, 1.165) is 11.1 Å². The van der Waals surface area contributed by atoms with E-state index in [1.807, 2.05) is 19.9 Å². The molecule has 4 nitrogen and oxygen atoms in total. The van der Waals surface area contributed by atoms with E-state index in [9.17, 15) is 9.59 Å². The predicted octanol–water partition coefficient (Wildman–Crippen LogP) is 1.64. The van der Waals surface area contributed by atoms with Crippen LogP contribution >= 0.6 is 0 Å². The van der Waals surface area contributed by atoms with Gasteiger partial charge in [-0.1, -0.05) is 0 Å². The number of carboxylic acid groups (broad SMARTS) is 1. The molecule has 0 saturated heterocycles. The van der Waals surface area contributed by atoms with Crippen molar-refractivity contribution in [2.45, 2.75) is 13.8 Å². The van der Waals surface area contributed by atoms with Crippen LogP contribution in [0, 0.1) is 13.8 Å². The number of nitrogens with zero attached hydrogens (tertiary/aromatic N) is 1. The summed E-state index contributed by atoms with van der Waals surface area (Å²) in [6, 6.07) is 3.45. The average Bonchev–Trinajstić information content (AvgIpc) is 2.19. The Balaban J connectivity index is 3.42. The number of Topliss-reactive ketones (excluding diaryl/α,β-unsaturated/α-hetero) is 1. The van der Waals surface area contributed by atoms with Crippen LogP contribution in [0.5, 0.6) is 0 Å². The van der Waals surface area contributed by atoms with E-state index in [1.165, 1.54) is 0 Å². The Morgan fingerprint density at radius 2 is 1.62 bits per heavy atom. The Bertz CT molecular complexity index is 450.